The summed E-state index contributed by atoms with van der Waals surface area (Å²) >= 11 is 0. The van der Waals surface area contributed by atoms with Crippen LogP contribution in [-0.4, -0.2) is 11.7 Å². The Morgan fingerprint density at radius 3 is 3.18 bits per heavy atom. The maximum absolute atomic E-state index is 12.6. The van der Waals surface area contributed by atoms with E-state index in [2.05, 4.69) is 0 Å². The number of aliphatic hydroxyl groups excluding tert-OH is 1. The Labute approximate surface area is 63.2 Å². The van der Waals surface area contributed by atoms with Crippen LogP contribution in [0.1, 0.15) is 11.7 Å². The third kappa shape index (κ3) is 0.973. The van der Waals surface area contributed by atoms with Crippen LogP contribution in [0.15, 0.2) is 18.2 Å². The quantitative estimate of drug-likeness (QED) is 0.609. The number of rotatable bonds is 0. The SMILES string of the molecule is O[C@H]1COc2ccc(F)cc21. The molecule has 1 aromatic carbocycles. The first-order chi connectivity index (χ1) is 5.27. The molecule has 0 saturated carbocycles. The van der Waals surface area contributed by atoms with Gasteiger partial charge in [-0.05, 0) is 18.2 Å². The average molecular weight is 154 g/mol. The molecule has 2 rings (SSSR count). The molecule has 58 valence electrons. The highest BCUT2D eigenvalue weighted by Crippen LogP contribution is 2.32. The molecule has 1 heterocycles. The van der Waals surface area contributed by atoms with Gasteiger partial charge in [0.25, 0.3) is 0 Å². The van der Waals surface area contributed by atoms with E-state index in [9.17, 15) is 9.50 Å². The third-order valence-corrected chi connectivity index (χ3v) is 1.73. The summed E-state index contributed by atoms with van der Waals surface area (Å²) in [5.74, 6) is 0.243. The summed E-state index contributed by atoms with van der Waals surface area (Å²) < 4.78 is 17.6. The molecule has 0 saturated heterocycles. The maximum Gasteiger partial charge on any atom is 0.125 e. The van der Waals surface area contributed by atoms with E-state index < -0.39 is 6.10 Å². The molecule has 3 heteroatoms. The van der Waals surface area contributed by atoms with Crippen molar-refractivity contribution in [3.05, 3.63) is 29.6 Å². The predicted molar refractivity (Wildman–Crippen MR) is 36.9 cm³/mol. The van der Waals surface area contributed by atoms with Gasteiger partial charge in [-0.3, -0.25) is 0 Å². The Kier molecular flexibility index (Phi) is 1.32. The van der Waals surface area contributed by atoms with Crippen molar-refractivity contribution in [3.63, 3.8) is 0 Å². The molecule has 1 N–H and O–H groups in total. The summed E-state index contributed by atoms with van der Waals surface area (Å²) in [6, 6.07) is 4.14. The van der Waals surface area contributed by atoms with Gasteiger partial charge in [-0.2, -0.15) is 0 Å². The highest BCUT2D eigenvalue weighted by molar-refractivity contribution is 5.38. The van der Waals surface area contributed by atoms with Gasteiger partial charge in [0.2, 0.25) is 0 Å². The van der Waals surface area contributed by atoms with Gasteiger partial charge in [0.05, 0.1) is 0 Å². The Hall–Kier alpha value is -1.09. The van der Waals surface area contributed by atoms with Gasteiger partial charge in [0, 0.05) is 5.56 Å². The number of halogens is 1. The van der Waals surface area contributed by atoms with Crippen molar-refractivity contribution >= 4 is 0 Å². The topological polar surface area (TPSA) is 29.5 Å². The monoisotopic (exact) mass is 154 g/mol. The summed E-state index contributed by atoms with van der Waals surface area (Å²) in [5, 5.41) is 9.21. The van der Waals surface area contributed by atoms with Crippen LogP contribution in [0.3, 0.4) is 0 Å². The molecule has 2 nitrogen and oxygen atoms in total. The highest BCUT2D eigenvalue weighted by atomic mass is 19.1. The van der Waals surface area contributed by atoms with E-state index in [0.29, 0.717) is 11.3 Å². The zero-order chi connectivity index (χ0) is 7.84. The molecule has 0 unspecified atom stereocenters. The second kappa shape index (κ2) is 2.20. The van der Waals surface area contributed by atoms with Crippen LogP contribution in [0, 0.1) is 5.82 Å². The van der Waals surface area contributed by atoms with Gasteiger partial charge < -0.3 is 9.84 Å². The molecule has 0 fully saturated rings. The molecule has 0 amide bonds. The van der Waals surface area contributed by atoms with E-state index in [1.165, 1.54) is 18.2 Å². The van der Waals surface area contributed by atoms with Crippen molar-refractivity contribution in [1.82, 2.24) is 0 Å². The Morgan fingerprint density at radius 2 is 2.36 bits per heavy atom. The van der Waals surface area contributed by atoms with Crippen molar-refractivity contribution in [3.8, 4) is 5.75 Å². The Morgan fingerprint density at radius 1 is 1.55 bits per heavy atom. The molecular weight excluding hydrogens is 147 g/mol. The lowest BCUT2D eigenvalue weighted by Gasteiger charge is -1.97. The molecule has 1 aromatic rings. The fraction of sp³-hybridized carbons (Fsp3) is 0.250. The predicted octanol–water partition coefficient (Wildman–Crippen LogP) is 1.25. The summed E-state index contributed by atoms with van der Waals surface area (Å²) in [5.41, 5.74) is 0.546. The zero-order valence-corrected chi connectivity index (χ0v) is 5.75. The standard InChI is InChI=1S/C8H7FO2/c9-5-1-2-8-6(3-5)7(10)4-11-8/h1-3,7,10H,4H2/t7-/m0/s1. The van der Waals surface area contributed by atoms with Crippen molar-refractivity contribution in [2.45, 2.75) is 6.10 Å². The number of aliphatic hydroxyl groups is 1. The second-order valence-electron chi connectivity index (χ2n) is 2.51. The van der Waals surface area contributed by atoms with Gasteiger partial charge in [0.1, 0.15) is 24.3 Å². The molecule has 1 aliphatic rings. The summed E-state index contributed by atoms with van der Waals surface area (Å²) in [7, 11) is 0. The average Bonchev–Trinajstić information content (AvgIpc) is 2.33. The number of benzene rings is 1. The van der Waals surface area contributed by atoms with Gasteiger partial charge in [0.15, 0.2) is 0 Å². The van der Waals surface area contributed by atoms with E-state index in [-0.39, 0.29) is 12.4 Å². The first kappa shape index (κ1) is 6.61. The minimum Gasteiger partial charge on any atom is -0.490 e. The minimum atomic E-state index is -0.666. The van der Waals surface area contributed by atoms with E-state index >= 15 is 0 Å². The Balaban J connectivity index is 2.52. The lowest BCUT2D eigenvalue weighted by molar-refractivity contribution is 0.140. The summed E-state index contributed by atoms with van der Waals surface area (Å²) in [6.45, 7) is 0.235. The van der Waals surface area contributed by atoms with Crippen LogP contribution >= 0.6 is 0 Å². The number of hydrogen-bond acceptors (Lipinski definition) is 2. The van der Waals surface area contributed by atoms with Gasteiger partial charge in [-0.25, -0.2) is 4.39 Å². The molecular formula is C8H7FO2. The Bertz CT molecular complexity index is 285. The zero-order valence-electron chi connectivity index (χ0n) is 5.75. The lowest BCUT2D eigenvalue weighted by atomic mass is 10.1. The van der Waals surface area contributed by atoms with Crippen LogP contribution in [0.4, 0.5) is 4.39 Å². The first-order valence-electron chi connectivity index (χ1n) is 3.37. The number of fused-ring (bicyclic) bond motifs is 1. The van der Waals surface area contributed by atoms with Gasteiger partial charge in [-0.1, -0.05) is 0 Å². The fourth-order valence-electron chi connectivity index (χ4n) is 1.17. The normalized spacial score (nSPS) is 21.1. The van der Waals surface area contributed by atoms with Crippen LogP contribution < -0.4 is 4.74 Å². The maximum atomic E-state index is 12.6. The molecule has 0 radical (unpaired) electrons. The van der Waals surface area contributed by atoms with E-state index in [4.69, 9.17) is 4.74 Å². The van der Waals surface area contributed by atoms with Crippen molar-refractivity contribution in [2.75, 3.05) is 6.61 Å². The highest BCUT2D eigenvalue weighted by Gasteiger charge is 2.21. The van der Waals surface area contributed by atoms with Crippen molar-refractivity contribution in [2.24, 2.45) is 0 Å². The molecule has 11 heavy (non-hydrogen) atoms. The molecule has 0 aromatic heterocycles. The van der Waals surface area contributed by atoms with Crippen LogP contribution in [-0.2, 0) is 0 Å². The molecule has 1 aliphatic heterocycles. The molecule has 0 aliphatic carbocycles. The fourth-order valence-corrected chi connectivity index (χ4v) is 1.17. The van der Waals surface area contributed by atoms with Gasteiger partial charge >= 0.3 is 0 Å². The number of ether oxygens (including phenoxy) is 1. The third-order valence-electron chi connectivity index (χ3n) is 1.73. The van der Waals surface area contributed by atoms with E-state index in [0.717, 1.165) is 0 Å². The minimum absolute atomic E-state index is 0.235. The van der Waals surface area contributed by atoms with Gasteiger partial charge in [-0.15, -0.1) is 0 Å². The molecule has 0 bridgehead atoms. The van der Waals surface area contributed by atoms with Crippen LogP contribution in [0.2, 0.25) is 0 Å². The van der Waals surface area contributed by atoms with Crippen LogP contribution in [0.5, 0.6) is 5.75 Å². The first-order valence-corrected chi connectivity index (χ1v) is 3.37. The largest absolute Gasteiger partial charge is 0.490 e. The van der Waals surface area contributed by atoms with Crippen molar-refractivity contribution in [1.29, 1.82) is 0 Å². The lowest BCUT2D eigenvalue weighted by Crippen LogP contribution is -1.97. The number of hydrogen-bond donors (Lipinski definition) is 1. The molecule has 0 spiro atoms. The molecule has 1 atom stereocenters. The van der Waals surface area contributed by atoms with Crippen molar-refractivity contribution < 1.29 is 14.2 Å². The van der Waals surface area contributed by atoms with E-state index in [1.807, 2.05) is 0 Å². The second-order valence-corrected chi connectivity index (χ2v) is 2.51. The van der Waals surface area contributed by atoms with Crippen LogP contribution in [0.25, 0.3) is 0 Å². The summed E-state index contributed by atoms with van der Waals surface area (Å²) in [6.07, 6.45) is -0.666. The smallest absolute Gasteiger partial charge is 0.125 e. The van der Waals surface area contributed by atoms with E-state index in [1.54, 1.807) is 0 Å². The summed E-state index contributed by atoms with van der Waals surface area (Å²) in [4.78, 5) is 0.